The van der Waals surface area contributed by atoms with Crippen LogP contribution in [-0.2, 0) is 46.5 Å². The van der Waals surface area contributed by atoms with Gasteiger partial charge < -0.3 is 36.9 Å². The average Bonchev–Trinajstić information content (AvgIpc) is 2.93. The number of alkyl carbamates (subject to hydrolysis) is 1. The summed E-state index contributed by atoms with van der Waals surface area (Å²) < 4.78 is 9.91. The maximum atomic E-state index is 13.1. The van der Waals surface area contributed by atoms with Crippen LogP contribution < -0.4 is 27.4 Å². The van der Waals surface area contributed by atoms with E-state index in [1.54, 1.807) is 60.7 Å². The molecule has 13 nitrogen and oxygen atoms in total. The number of ether oxygens (including phenoxy) is 2. The number of hydrogen-bond donors (Lipinski definition) is 5. The summed E-state index contributed by atoms with van der Waals surface area (Å²) in [6.45, 7) is -0.0835. The Labute approximate surface area is 230 Å². The zero-order valence-electron chi connectivity index (χ0n) is 22.0. The number of methoxy groups -OCH3 is 1. The predicted molar refractivity (Wildman–Crippen MR) is 142 cm³/mol. The van der Waals surface area contributed by atoms with Gasteiger partial charge >= 0.3 is 12.1 Å². The molecule has 0 heterocycles. The number of carbonyl (C=O) groups excluding carboxylic acids is 6. The Balaban J connectivity index is 2.13. The number of carbonyl (C=O) groups is 6. The molecular weight excluding hydrogens is 522 g/mol. The molecule has 0 radical (unpaired) electrons. The van der Waals surface area contributed by atoms with E-state index in [9.17, 15) is 28.8 Å². The van der Waals surface area contributed by atoms with Crippen LogP contribution in [0.2, 0.25) is 0 Å². The predicted octanol–water partition coefficient (Wildman–Crippen LogP) is -0.192. The third-order valence-electron chi connectivity index (χ3n) is 5.62. The van der Waals surface area contributed by atoms with Gasteiger partial charge in [0.15, 0.2) is 0 Å². The van der Waals surface area contributed by atoms with Crippen molar-refractivity contribution in [3.63, 3.8) is 0 Å². The van der Waals surface area contributed by atoms with E-state index < -0.39 is 60.2 Å². The quantitative estimate of drug-likeness (QED) is 0.186. The second kappa shape index (κ2) is 16.1. The second-order valence-electron chi connectivity index (χ2n) is 8.77. The van der Waals surface area contributed by atoms with Gasteiger partial charge in [-0.05, 0) is 17.5 Å². The van der Waals surface area contributed by atoms with Crippen molar-refractivity contribution in [2.24, 2.45) is 11.5 Å². The summed E-state index contributed by atoms with van der Waals surface area (Å²) in [5.41, 5.74) is 11.9. The summed E-state index contributed by atoms with van der Waals surface area (Å²) in [7, 11) is 1.15. The van der Waals surface area contributed by atoms with Gasteiger partial charge in [0, 0.05) is 12.8 Å². The normalized spacial score (nSPS) is 12.6. The standard InChI is InChI=1S/C27H33N5O8/c1-39-26(37)21(14-17-8-4-2-5-9-17)31-25(36)20(15-23(29)34)30-24(35)19(12-13-22(28)33)32-27(38)40-16-18-10-6-3-7-11-18/h2-11,19-21H,12-16H2,1H3,(H2,28,33)(H2,29,34)(H,30,35)(H,31,36)(H,32,38)/t19-,20-,21-/m0/s1. The maximum Gasteiger partial charge on any atom is 0.408 e. The Hall–Kier alpha value is -4.94. The zero-order chi connectivity index (χ0) is 29.5. The van der Waals surface area contributed by atoms with Crippen LogP contribution in [0, 0.1) is 0 Å². The lowest BCUT2D eigenvalue weighted by molar-refractivity contribution is -0.145. The van der Waals surface area contributed by atoms with E-state index in [0.717, 1.165) is 12.7 Å². The number of primary amides is 2. The minimum Gasteiger partial charge on any atom is -0.467 e. The summed E-state index contributed by atoms with van der Waals surface area (Å²) in [6, 6.07) is 13.6. The van der Waals surface area contributed by atoms with Gasteiger partial charge in [-0.25, -0.2) is 9.59 Å². The molecule has 0 aliphatic rings. The molecule has 5 amide bonds. The Bertz CT molecular complexity index is 1180. The van der Waals surface area contributed by atoms with E-state index in [0.29, 0.717) is 5.56 Å². The monoisotopic (exact) mass is 555 g/mol. The minimum atomic E-state index is -1.51. The van der Waals surface area contributed by atoms with E-state index in [2.05, 4.69) is 16.0 Å². The molecule has 0 aliphatic heterocycles. The van der Waals surface area contributed by atoms with Gasteiger partial charge in [0.1, 0.15) is 24.7 Å². The third-order valence-corrected chi connectivity index (χ3v) is 5.62. The molecule has 3 atom stereocenters. The molecule has 13 heteroatoms. The van der Waals surface area contributed by atoms with E-state index in [1.807, 2.05) is 0 Å². The SMILES string of the molecule is COC(=O)[C@H](Cc1ccccc1)NC(=O)[C@H](CC(N)=O)NC(=O)[C@H](CCC(N)=O)NC(=O)OCc1ccccc1. The molecule has 2 rings (SSSR count). The van der Waals surface area contributed by atoms with E-state index >= 15 is 0 Å². The summed E-state index contributed by atoms with van der Waals surface area (Å²) in [5, 5.41) is 7.16. The van der Waals surface area contributed by atoms with Gasteiger partial charge in [-0.2, -0.15) is 0 Å². The van der Waals surface area contributed by atoms with E-state index in [4.69, 9.17) is 20.9 Å². The van der Waals surface area contributed by atoms with Gasteiger partial charge in [-0.3, -0.25) is 19.2 Å². The Kier molecular flexibility index (Phi) is 12.6. The number of esters is 1. The van der Waals surface area contributed by atoms with Crippen molar-refractivity contribution in [2.75, 3.05) is 7.11 Å². The molecule has 0 aliphatic carbocycles. The number of benzene rings is 2. The summed E-state index contributed by atoms with van der Waals surface area (Å²) in [4.78, 5) is 73.9. The summed E-state index contributed by atoms with van der Waals surface area (Å²) >= 11 is 0. The van der Waals surface area contributed by atoms with Crippen LogP contribution in [-0.4, -0.2) is 60.9 Å². The van der Waals surface area contributed by atoms with Crippen molar-refractivity contribution in [3.05, 3.63) is 71.8 Å². The third kappa shape index (κ3) is 11.2. The van der Waals surface area contributed by atoms with E-state index in [1.165, 1.54) is 0 Å². The van der Waals surface area contributed by atoms with Crippen molar-refractivity contribution >= 4 is 35.7 Å². The molecule has 2 aromatic carbocycles. The van der Waals surface area contributed by atoms with Crippen molar-refractivity contribution in [3.8, 4) is 0 Å². The number of amides is 5. The molecule has 7 N–H and O–H groups in total. The molecule has 0 aromatic heterocycles. The molecule has 214 valence electrons. The van der Waals surface area contributed by atoms with Crippen molar-refractivity contribution in [1.82, 2.24) is 16.0 Å². The molecule has 40 heavy (non-hydrogen) atoms. The highest BCUT2D eigenvalue weighted by Gasteiger charge is 2.31. The fraction of sp³-hybridized carbons (Fsp3) is 0.333. The highest BCUT2D eigenvalue weighted by molar-refractivity contribution is 5.95. The van der Waals surface area contributed by atoms with Gasteiger partial charge in [-0.1, -0.05) is 60.7 Å². The van der Waals surface area contributed by atoms with Gasteiger partial charge in [0.2, 0.25) is 23.6 Å². The summed E-state index contributed by atoms with van der Waals surface area (Å²) in [6.07, 6.45) is -1.99. The van der Waals surface area contributed by atoms with Crippen molar-refractivity contribution in [2.45, 2.75) is 50.4 Å². The Morgan fingerprint density at radius 2 is 1.27 bits per heavy atom. The first-order valence-corrected chi connectivity index (χ1v) is 12.3. The lowest BCUT2D eigenvalue weighted by Gasteiger charge is -2.24. The van der Waals surface area contributed by atoms with E-state index in [-0.39, 0.29) is 25.9 Å². The van der Waals surface area contributed by atoms with Crippen LogP contribution in [0.3, 0.4) is 0 Å². The van der Waals surface area contributed by atoms with Crippen LogP contribution >= 0.6 is 0 Å². The zero-order valence-corrected chi connectivity index (χ0v) is 22.0. The Morgan fingerprint density at radius 3 is 1.82 bits per heavy atom. The largest absolute Gasteiger partial charge is 0.467 e. The molecule has 0 saturated heterocycles. The topological polar surface area (TPSA) is 209 Å². The van der Waals surface area contributed by atoms with Crippen LogP contribution in [0.1, 0.15) is 30.4 Å². The number of rotatable bonds is 15. The molecule has 0 saturated carbocycles. The highest BCUT2D eigenvalue weighted by Crippen LogP contribution is 2.07. The molecule has 2 aromatic rings. The molecule has 0 fully saturated rings. The number of hydrogen-bond acceptors (Lipinski definition) is 8. The number of nitrogens with two attached hydrogens (primary N) is 2. The average molecular weight is 556 g/mol. The highest BCUT2D eigenvalue weighted by atomic mass is 16.5. The van der Waals surface area contributed by atoms with Gasteiger partial charge in [0.25, 0.3) is 0 Å². The number of nitrogens with one attached hydrogen (secondary N) is 3. The summed E-state index contributed by atoms with van der Waals surface area (Å²) in [5.74, 6) is -4.19. The first-order valence-electron chi connectivity index (χ1n) is 12.3. The smallest absolute Gasteiger partial charge is 0.408 e. The Morgan fingerprint density at radius 1 is 0.725 bits per heavy atom. The van der Waals surface area contributed by atoms with Gasteiger partial charge in [-0.15, -0.1) is 0 Å². The maximum absolute atomic E-state index is 13.1. The molecule has 0 unspecified atom stereocenters. The first kappa shape index (κ1) is 31.3. The molecule has 0 bridgehead atoms. The lowest BCUT2D eigenvalue weighted by atomic mass is 10.0. The second-order valence-corrected chi connectivity index (χ2v) is 8.77. The van der Waals surface area contributed by atoms with Crippen LogP contribution in [0.15, 0.2) is 60.7 Å². The van der Waals surface area contributed by atoms with Gasteiger partial charge in [0.05, 0.1) is 13.5 Å². The molecule has 0 spiro atoms. The minimum absolute atomic E-state index is 0.0759. The van der Waals surface area contributed by atoms with Crippen LogP contribution in [0.4, 0.5) is 4.79 Å². The fourth-order valence-corrected chi connectivity index (χ4v) is 3.60. The van der Waals surface area contributed by atoms with Crippen molar-refractivity contribution < 1.29 is 38.2 Å². The molecular formula is C27H33N5O8. The van der Waals surface area contributed by atoms with Crippen molar-refractivity contribution in [1.29, 1.82) is 0 Å². The first-order chi connectivity index (χ1) is 19.1. The lowest BCUT2D eigenvalue weighted by Crippen LogP contribution is -2.57. The van der Waals surface area contributed by atoms with Crippen LogP contribution in [0.5, 0.6) is 0 Å². The fourth-order valence-electron chi connectivity index (χ4n) is 3.60. The van der Waals surface area contributed by atoms with Crippen LogP contribution in [0.25, 0.3) is 0 Å².